The van der Waals surface area contributed by atoms with Crippen LogP contribution in [0.3, 0.4) is 0 Å². The average molecular weight is 518 g/mol. The van der Waals surface area contributed by atoms with Crippen LogP contribution in [-0.2, 0) is 22.5 Å². The summed E-state index contributed by atoms with van der Waals surface area (Å²) in [5.74, 6) is -0.181. The molecule has 4 aromatic rings. The first kappa shape index (κ1) is 24.2. The second-order valence-corrected chi connectivity index (χ2v) is 10.6. The van der Waals surface area contributed by atoms with E-state index in [1.807, 2.05) is 36.9 Å². The van der Waals surface area contributed by atoms with E-state index in [0.717, 1.165) is 43.4 Å². The molecule has 192 valence electrons. The van der Waals surface area contributed by atoms with Crippen LogP contribution < -0.4 is 5.32 Å². The lowest BCUT2D eigenvalue weighted by Crippen LogP contribution is -2.55. The van der Waals surface area contributed by atoms with Crippen molar-refractivity contribution in [2.45, 2.75) is 56.4 Å². The number of carbonyl (C=O) groups excluding carboxylic acids is 1. The number of hydrogen-bond acceptors (Lipinski definition) is 5. The zero-order valence-corrected chi connectivity index (χ0v) is 21.7. The number of ether oxygens (including phenoxy) is 1. The van der Waals surface area contributed by atoms with Crippen molar-refractivity contribution < 1.29 is 9.53 Å². The number of nitrogens with one attached hydrogen (secondary N) is 2. The molecule has 0 radical (unpaired) electrons. The Morgan fingerprint density at radius 1 is 1.19 bits per heavy atom. The molecule has 0 spiro atoms. The molecule has 4 unspecified atom stereocenters. The van der Waals surface area contributed by atoms with Crippen LogP contribution in [0.25, 0.3) is 10.9 Å². The summed E-state index contributed by atoms with van der Waals surface area (Å²) in [6.07, 6.45) is 9.13. The fourth-order valence-corrected chi connectivity index (χ4v) is 6.54. The van der Waals surface area contributed by atoms with Gasteiger partial charge in [0.05, 0.1) is 19.5 Å². The number of piperidine rings is 1. The number of benzene rings is 2. The zero-order chi connectivity index (χ0) is 25.4. The van der Waals surface area contributed by atoms with Crippen molar-refractivity contribution in [3.8, 4) is 0 Å². The van der Waals surface area contributed by atoms with E-state index >= 15 is 0 Å². The monoisotopic (exact) mass is 517 g/mol. The van der Waals surface area contributed by atoms with Gasteiger partial charge in [0.2, 0.25) is 0 Å². The molecule has 37 heavy (non-hydrogen) atoms. The number of carbonyl (C=O) groups is 1. The highest BCUT2D eigenvalue weighted by Gasteiger charge is 2.48. The number of esters is 1. The van der Waals surface area contributed by atoms with Crippen LogP contribution in [0.4, 0.5) is 0 Å². The minimum absolute atomic E-state index is 0.0345. The summed E-state index contributed by atoms with van der Waals surface area (Å²) in [6.45, 7) is 1.85. The number of H-pyrrole nitrogens is 1. The molecule has 7 nitrogen and oxygen atoms in total. The van der Waals surface area contributed by atoms with Crippen LogP contribution in [0.1, 0.15) is 48.2 Å². The van der Waals surface area contributed by atoms with E-state index in [2.05, 4.69) is 55.1 Å². The maximum absolute atomic E-state index is 13.2. The third-order valence-corrected chi connectivity index (χ3v) is 8.20. The summed E-state index contributed by atoms with van der Waals surface area (Å²) >= 11 is 6.45. The number of imidazole rings is 1. The minimum atomic E-state index is -0.354. The van der Waals surface area contributed by atoms with Gasteiger partial charge in [-0.2, -0.15) is 0 Å². The highest BCUT2D eigenvalue weighted by Crippen LogP contribution is 2.49. The first-order chi connectivity index (χ1) is 18.1. The minimum Gasteiger partial charge on any atom is -0.468 e. The quantitative estimate of drug-likeness (QED) is 0.265. The van der Waals surface area contributed by atoms with Crippen molar-refractivity contribution in [1.82, 2.24) is 24.8 Å². The Morgan fingerprint density at radius 2 is 2.05 bits per heavy atom. The molecule has 4 heterocycles. The van der Waals surface area contributed by atoms with E-state index in [0.29, 0.717) is 17.5 Å². The van der Waals surface area contributed by atoms with E-state index in [4.69, 9.17) is 16.3 Å². The van der Waals surface area contributed by atoms with E-state index in [1.165, 1.54) is 23.8 Å². The van der Waals surface area contributed by atoms with Crippen molar-refractivity contribution in [1.29, 1.82) is 0 Å². The first-order valence-electron chi connectivity index (χ1n) is 13.0. The third-order valence-electron chi connectivity index (χ3n) is 7.96. The Hall–Kier alpha value is -3.13. The second kappa shape index (κ2) is 10.3. The Morgan fingerprint density at radius 3 is 2.86 bits per heavy atom. The van der Waals surface area contributed by atoms with Crippen LogP contribution in [0.15, 0.2) is 67.3 Å². The first-order valence-corrected chi connectivity index (χ1v) is 13.4. The molecule has 2 aliphatic heterocycles. The molecule has 0 saturated carbocycles. The molecule has 1 fully saturated rings. The molecule has 2 aliphatic rings. The number of aryl methyl sites for hydroxylation is 1. The van der Waals surface area contributed by atoms with Gasteiger partial charge in [-0.05, 0) is 55.1 Å². The SMILES string of the molecule is COC(=O)C1Cc2c([nH]c3ccccc23)C2CC(NCCCn3ccnc3)CC(c3cccc(Cl)c3)N12. The smallest absolute Gasteiger partial charge is 0.323 e. The summed E-state index contributed by atoms with van der Waals surface area (Å²) in [7, 11) is 1.49. The number of rotatable bonds is 7. The Labute approximate surface area is 221 Å². The summed E-state index contributed by atoms with van der Waals surface area (Å²) in [5.41, 5.74) is 4.71. The third kappa shape index (κ3) is 4.67. The van der Waals surface area contributed by atoms with Crippen molar-refractivity contribution in [2.75, 3.05) is 13.7 Å². The van der Waals surface area contributed by atoms with Crippen molar-refractivity contribution in [3.05, 3.63) is 89.1 Å². The maximum atomic E-state index is 13.2. The van der Waals surface area contributed by atoms with Gasteiger partial charge in [0.1, 0.15) is 6.04 Å². The average Bonchev–Trinajstić information content (AvgIpc) is 3.58. The molecular formula is C29H32ClN5O2. The van der Waals surface area contributed by atoms with Gasteiger partial charge in [0.25, 0.3) is 0 Å². The van der Waals surface area contributed by atoms with Gasteiger partial charge in [-0.25, -0.2) is 4.98 Å². The van der Waals surface area contributed by atoms with Crippen molar-refractivity contribution in [2.24, 2.45) is 0 Å². The van der Waals surface area contributed by atoms with E-state index in [-0.39, 0.29) is 24.1 Å². The molecule has 4 atom stereocenters. The summed E-state index contributed by atoms with van der Waals surface area (Å²) in [6, 6.07) is 16.5. The molecule has 0 bridgehead atoms. The summed E-state index contributed by atoms with van der Waals surface area (Å²) < 4.78 is 7.46. The van der Waals surface area contributed by atoms with E-state index in [9.17, 15) is 4.79 Å². The predicted octanol–water partition coefficient (Wildman–Crippen LogP) is 5.04. The van der Waals surface area contributed by atoms with E-state index < -0.39 is 0 Å². The van der Waals surface area contributed by atoms with Gasteiger partial charge in [0.15, 0.2) is 0 Å². The van der Waals surface area contributed by atoms with Crippen molar-refractivity contribution >= 4 is 28.5 Å². The molecule has 8 heteroatoms. The normalized spacial score (nSPS) is 23.5. The fraction of sp³-hybridized carbons (Fsp3) is 0.379. The maximum Gasteiger partial charge on any atom is 0.323 e. The van der Waals surface area contributed by atoms with Crippen molar-refractivity contribution in [3.63, 3.8) is 0 Å². The molecular weight excluding hydrogens is 486 g/mol. The summed E-state index contributed by atoms with van der Waals surface area (Å²) in [4.78, 5) is 23.5. The number of nitrogens with zero attached hydrogens (tertiary/aromatic N) is 3. The van der Waals surface area contributed by atoms with Crippen LogP contribution in [-0.4, -0.2) is 51.1 Å². The molecule has 2 aromatic heterocycles. The van der Waals surface area contributed by atoms with Crippen LogP contribution >= 0.6 is 11.6 Å². The van der Waals surface area contributed by atoms with Gasteiger partial charge in [0, 0.05) is 59.1 Å². The predicted molar refractivity (Wildman–Crippen MR) is 144 cm³/mol. The van der Waals surface area contributed by atoms with Gasteiger partial charge in [-0.15, -0.1) is 0 Å². The Kier molecular flexibility index (Phi) is 6.76. The van der Waals surface area contributed by atoms with Crippen LogP contribution in [0, 0.1) is 0 Å². The Bertz CT molecular complexity index is 1380. The topological polar surface area (TPSA) is 75.2 Å². The second-order valence-electron chi connectivity index (χ2n) is 10.1. The highest BCUT2D eigenvalue weighted by molar-refractivity contribution is 6.30. The number of aromatic nitrogens is 3. The molecule has 6 rings (SSSR count). The summed E-state index contributed by atoms with van der Waals surface area (Å²) in [5, 5.41) is 5.74. The lowest BCUT2D eigenvalue weighted by molar-refractivity contribution is -0.152. The van der Waals surface area contributed by atoms with E-state index in [1.54, 1.807) is 0 Å². The largest absolute Gasteiger partial charge is 0.468 e. The molecule has 2 N–H and O–H groups in total. The molecule has 0 aliphatic carbocycles. The lowest BCUT2D eigenvalue weighted by atomic mass is 9.79. The van der Waals surface area contributed by atoms with Crippen LogP contribution in [0.5, 0.6) is 0 Å². The fourth-order valence-electron chi connectivity index (χ4n) is 6.34. The van der Waals surface area contributed by atoms with Gasteiger partial charge in [-0.1, -0.05) is 41.9 Å². The highest BCUT2D eigenvalue weighted by atomic mass is 35.5. The number of hydrogen-bond donors (Lipinski definition) is 2. The standard InChI is InChI=1S/C29H32ClN5O2/c1-37-29(36)27-17-23-22-8-2-3-9-24(22)33-28(23)26-16-21(32-10-5-12-34-13-11-31-18-34)15-25(35(26)27)19-6-4-7-20(30)14-19/h2-4,6-9,11,13-14,18,21,25-27,32-33H,5,10,12,15-17H2,1H3. The number of para-hydroxylation sites is 1. The lowest BCUT2D eigenvalue weighted by Gasteiger charge is -2.50. The van der Waals surface area contributed by atoms with Gasteiger partial charge < -0.3 is 19.6 Å². The molecule has 0 amide bonds. The zero-order valence-electron chi connectivity index (χ0n) is 20.9. The molecule has 1 saturated heterocycles. The molecule has 2 aromatic carbocycles. The number of methoxy groups -OCH3 is 1. The number of aromatic amines is 1. The Balaban J connectivity index is 1.35. The number of fused-ring (bicyclic) bond motifs is 5. The number of halogens is 1. The van der Waals surface area contributed by atoms with Gasteiger partial charge >= 0.3 is 5.97 Å². The van der Waals surface area contributed by atoms with Crippen LogP contribution in [0.2, 0.25) is 5.02 Å². The van der Waals surface area contributed by atoms with Gasteiger partial charge in [-0.3, -0.25) is 9.69 Å².